The predicted molar refractivity (Wildman–Crippen MR) is 57.1 cm³/mol. The van der Waals surface area contributed by atoms with Crippen molar-refractivity contribution in [3.8, 4) is 0 Å². The monoisotopic (exact) mass is 213 g/mol. The van der Waals surface area contributed by atoms with Crippen LogP contribution in [0.1, 0.15) is 26.7 Å². The highest BCUT2D eigenvalue weighted by atomic mass is 16.2. The molecule has 3 N–H and O–H groups in total. The molecule has 2 amide bonds. The minimum Gasteiger partial charge on any atom is -0.353 e. The average molecular weight is 213 g/mol. The van der Waals surface area contributed by atoms with Crippen molar-refractivity contribution in [1.82, 2.24) is 10.2 Å². The number of carbonyl (C=O) groups excluding carboxylic acids is 2. The molecule has 0 radical (unpaired) electrons. The Morgan fingerprint density at radius 3 is 3.00 bits per heavy atom. The molecular formula is C10H19N3O2. The van der Waals surface area contributed by atoms with E-state index in [0.717, 1.165) is 0 Å². The summed E-state index contributed by atoms with van der Waals surface area (Å²) in [5, 5.41) is 2.72. The molecule has 2 atom stereocenters. The molecule has 0 saturated carbocycles. The van der Waals surface area contributed by atoms with Crippen LogP contribution in [0.15, 0.2) is 0 Å². The van der Waals surface area contributed by atoms with Gasteiger partial charge in [0.25, 0.3) is 0 Å². The van der Waals surface area contributed by atoms with Crippen molar-refractivity contribution in [3.05, 3.63) is 0 Å². The van der Waals surface area contributed by atoms with Gasteiger partial charge in [-0.1, -0.05) is 0 Å². The summed E-state index contributed by atoms with van der Waals surface area (Å²) in [6, 6.07) is -0.317. The van der Waals surface area contributed by atoms with Gasteiger partial charge in [-0.2, -0.15) is 0 Å². The van der Waals surface area contributed by atoms with Crippen LogP contribution in [0.2, 0.25) is 0 Å². The first-order chi connectivity index (χ1) is 7.02. The SMILES string of the molecule is CC(N)CCC(=O)N1CCNC(=O)C1C. The van der Waals surface area contributed by atoms with E-state index >= 15 is 0 Å². The number of hydrogen-bond acceptors (Lipinski definition) is 3. The summed E-state index contributed by atoms with van der Waals surface area (Å²) in [7, 11) is 0. The first-order valence-corrected chi connectivity index (χ1v) is 5.35. The van der Waals surface area contributed by atoms with Crippen molar-refractivity contribution >= 4 is 11.8 Å². The zero-order valence-corrected chi connectivity index (χ0v) is 9.32. The summed E-state index contributed by atoms with van der Waals surface area (Å²) in [4.78, 5) is 24.7. The van der Waals surface area contributed by atoms with Gasteiger partial charge in [0.15, 0.2) is 0 Å². The molecule has 86 valence electrons. The minimum absolute atomic E-state index is 0.0228. The summed E-state index contributed by atoms with van der Waals surface area (Å²) in [5.74, 6) is -0.0509. The molecule has 1 saturated heterocycles. The van der Waals surface area contributed by atoms with Crippen molar-refractivity contribution in [3.63, 3.8) is 0 Å². The number of nitrogens with zero attached hydrogens (tertiary/aromatic N) is 1. The Bertz CT molecular complexity index is 253. The van der Waals surface area contributed by atoms with E-state index < -0.39 is 0 Å². The molecule has 0 bridgehead atoms. The van der Waals surface area contributed by atoms with Crippen LogP contribution in [0.25, 0.3) is 0 Å². The molecule has 0 aliphatic carbocycles. The summed E-state index contributed by atoms with van der Waals surface area (Å²) in [6.45, 7) is 4.77. The highest BCUT2D eigenvalue weighted by molar-refractivity contribution is 5.88. The van der Waals surface area contributed by atoms with Gasteiger partial charge < -0.3 is 16.0 Å². The highest BCUT2D eigenvalue weighted by Gasteiger charge is 2.28. The minimum atomic E-state index is -0.348. The van der Waals surface area contributed by atoms with Gasteiger partial charge in [0.1, 0.15) is 6.04 Å². The Balaban J connectivity index is 2.47. The second-order valence-corrected chi connectivity index (χ2v) is 4.07. The average Bonchev–Trinajstić information content (AvgIpc) is 2.18. The van der Waals surface area contributed by atoms with Gasteiger partial charge in [-0.15, -0.1) is 0 Å². The van der Waals surface area contributed by atoms with Crippen molar-refractivity contribution in [2.75, 3.05) is 13.1 Å². The summed E-state index contributed by atoms with van der Waals surface area (Å²) in [5.41, 5.74) is 5.58. The molecule has 5 nitrogen and oxygen atoms in total. The molecule has 0 aromatic heterocycles. The summed E-state index contributed by atoms with van der Waals surface area (Å²) >= 11 is 0. The third kappa shape index (κ3) is 3.20. The third-order valence-electron chi connectivity index (χ3n) is 2.63. The van der Waals surface area contributed by atoms with E-state index in [4.69, 9.17) is 5.73 Å². The zero-order chi connectivity index (χ0) is 11.4. The van der Waals surface area contributed by atoms with E-state index in [9.17, 15) is 9.59 Å². The molecule has 15 heavy (non-hydrogen) atoms. The van der Waals surface area contributed by atoms with Crippen LogP contribution in [0.3, 0.4) is 0 Å². The van der Waals surface area contributed by atoms with E-state index in [0.29, 0.717) is 25.9 Å². The van der Waals surface area contributed by atoms with Gasteiger partial charge >= 0.3 is 0 Å². The molecule has 0 aromatic carbocycles. The number of nitrogens with two attached hydrogens (primary N) is 1. The number of carbonyl (C=O) groups is 2. The van der Waals surface area contributed by atoms with Gasteiger partial charge in [0.05, 0.1) is 0 Å². The smallest absolute Gasteiger partial charge is 0.242 e. The third-order valence-corrected chi connectivity index (χ3v) is 2.63. The summed E-state index contributed by atoms with van der Waals surface area (Å²) < 4.78 is 0. The van der Waals surface area contributed by atoms with Crippen molar-refractivity contribution in [2.24, 2.45) is 5.73 Å². The van der Waals surface area contributed by atoms with E-state index in [1.807, 2.05) is 6.92 Å². The topological polar surface area (TPSA) is 75.4 Å². The number of piperazine rings is 1. The van der Waals surface area contributed by atoms with Crippen LogP contribution in [-0.2, 0) is 9.59 Å². The lowest BCUT2D eigenvalue weighted by atomic mass is 10.1. The summed E-state index contributed by atoms with van der Waals surface area (Å²) in [6.07, 6.45) is 1.10. The highest BCUT2D eigenvalue weighted by Crippen LogP contribution is 2.08. The van der Waals surface area contributed by atoms with Crippen LogP contribution in [-0.4, -0.2) is 41.9 Å². The standard InChI is InChI=1S/C10H19N3O2/c1-7(11)3-4-9(14)13-6-5-12-10(15)8(13)2/h7-8H,3-6,11H2,1-2H3,(H,12,15). The quantitative estimate of drug-likeness (QED) is 0.661. The van der Waals surface area contributed by atoms with Gasteiger partial charge in [-0.05, 0) is 20.3 Å². The van der Waals surface area contributed by atoms with Crippen LogP contribution < -0.4 is 11.1 Å². The van der Waals surface area contributed by atoms with Gasteiger partial charge in [0, 0.05) is 25.6 Å². The van der Waals surface area contributed by atoms with E-state index in [1.165, 1.54) is 0 Å². The normalized spacial score (nSPS) is 23.5. The lowest BCUT2D eigenvalue weighted by Crippen LogP contribution is -2.55. The first-order valence-electron chi connectivity index (χ1n) is 5.35. The van der Waals surface area contributed by atoms with E-state index in [2.05, 4.69) is 5.32 Å². The molecule has 0 aromatic rings. The van der Waals surface area contributed by atoms with Crippen LogP contribution in [0.5, 0.6) is 0 Å². The molecule has 5 heteroatoms. The Morgan fingerprint density at radius 2 is 2.40 bits per heavy atom. The van der Waals surface area contributed by atoms with Gasteiger partial charge in [-0.3, -0.25) is 9.59 Å². The second kappa shape index (κ2) is 5.11. The second-order valence-electron chi connectivity index (χ2n) is 4.07. The Labute approximate surface area is 90.0 Å². The van der Waals surface area contributed by atoms with E-state index in [1.54, 1.807) is 11.8 Å². The molecule has 1 rings (SSSR count). The Hall–Kier alpha value is -1.10. The maximum Gasteiger partial charge on any atom is 0.242 e. The first kappa shape index (κ1) is 12.0. The van der Waals surface area contributed by atoms with Crippen molar-refractivity contribution in [1.29, 1.82) is 0 Å². The molecule has 1 heterocycles. The molecule has 1 aliphatic heterocycles. The molecular weight excluding hydrogens is 194 g/mol. The fourth-order valence-electron chi connectivity index (χ4n) is 1.62. The molecule has 2 unspecified atom stereocenters. The molecule has 0 spiro atoms. The van der Waals surface area contributed by atoms with Gasteiger partial charge in [0.2, 0.25) is 11.8 Å². The number of hydrogen-bond donors (Lipinski definition) is 2. The fraction of sp³-hybridized carbons (Fsp3) is 0.800. The molecule has 1 aliphatic rings. The lowest BCUT2D eigenvalue weighted by Gasteiger charge is -2.33. The number of nitrogens with one attached hydrogen (secondary N) is 1. The zero-order valence-electron chi connectivity index (χ0n) is 9.32. The van der Waals surface area contributed by atoms with E-state index in [-0.39, 0.29) is 23.9 Å². The lowest BCUT2D eigenvalue weighted by molar-refractivity contribution is -0.142. The van der Waals surface area contributed by atoms with Crippen LogP contribution >= 0.6 is 0 Å². The largest absolute Gasteiger partial charge is 0.353 e. The van der Waals surface area contributed by atoms with Crippen LogP contribution in [0.4, 0.5) is 0 Å². The number of rotatable bonds is 3. The molecule has 1 fully saturated rings. The van der Waals surface area contributed by atoms with Crippen molar-refractivity contribution < 1.29 is 9.59 Å². The van der Waals surface area contributed by atoms with Gasteiger partial charge in [-0.25, -0.2) is 0 Å². The Kier molecular flexibility index (Phi) is 4.08. The van der Waals surface area contributed by atoms with Crippen LogP contribution in [0, 0.1) is 0 Å². The maximum atomic E-state index is 11.7. The fourth-order valence-corrected chi connectivity index (χ4v) is 1.62. The van der Waals surface area contributed by atoms with Crippen molar-refractivity contribution in [2.45, 2.75) is 38.8 Å². The number of amides is 2. The predicted octanol–water partition coefficient (Wildman–Crippen LogP) is -0.539. The maximum absolute atomic E-state index is 11.7. The Morgan fingerprint density at radius 1 is 1.73 bits per heavy atom.